The van der Waals surface area contributed by atoms with E-state index < -0.39 is 17.8 Å². The van der Waals surface area contributed by atoms with Crippen molar-refractivity contribution in [3.05, 3.63) is 29.8 Å². The lowest BCUT2D eigenvalue weighted by Gasteiger charge is -2.47. The molecule has 2 bridgehead atoms. The van der Waals surface area contributed by atoms with E-state index in [2.05, 4.69) is 27.6 Å². The first-order chi connectivity index (χ1) is 14.8. The molecule has 2 aliphatic heterocycles. The van der Waals surface area contributed by atoms with Gasteiger partial charge < -0.3 is 25.4 Å². The van der Waals surface area contributed by atoms with Crippen molar-refractivity contribution in [2.75, 3.05) is 26.7 Å². The molecule has 2 heterocycles. The third-order valence-electron chi connectivity index (χ3n) is 6.09. The van der Waals surface area contributed by atoms with Crippen LogP contribution in [0.25, 0.3) is 0 Å². The van der Waals surface area contributed by atoms with Gasteiger partial charge in [0.1, 0.15) is 18.5 Å². The minimum Gasteiger partial charge on any atom is -0.491 e. The van der Waals surface area contributed by atoms with Crippen LogP contribution in [0.2, 0.25) is 0 Å². The van der Waals surface area contributed by atoms with Crippen LogP contribution in [0.3, 0.4) is 0 Å². The molecule has 0 spiro atoms. The zero-order valence-electron chi connectivity index (χ0n) is 18.6. The molecule has 2 fully saturated rings. The van der Waals surface area contributed by atoms with Crippen LogP contribution in [0.1, 0.15) is 44.6 Å². The van der Waals surface area contributed by atoms with Gasteiger partial charge in [-0.15, -0.1) is 24.0 Å². The van der Waals surface area contributed by atoms with E-state index in [9.17, 15) is 18.3 Å². The second kappa shape index (κ2) is 12.3. The van der Waals surface area contributed by atoms with E-state index in [-0.39, 0.29) is 42.9 Å². The Kier molecular flexibility index (Phi) is 10.3. The van der Waals surface area contributed by atoms with Gasteiger partial charge in [0.05, 0.1) is 12.1 Å². The normalized spacial score (nSPS) is 24.9. The van der Waals surface area contributed by atoms with Crippen molar-refractivity contribution in [1.29, 1.82) is 0 Å². The Bertz CT molecular complexity index is 736. The minimum absolute atomic E-state index is 0. The van der Waals surface area contributed by atoms with E-state index >= 15 is 0 Å². The van der Waals surface area contributed by atoms with Crippen LogP contribution in [-0.4, -0.2) is 66.9 Å². The average molecular weight is 570 g/mol. The number of hydrogen-bond donors (Lipinski definition) is 3. The number of piperidine rings is 2. The maximum atomic E-state index is 12.8. The number of aliphatic imine (C=N–C) groups is 1. The molecular weight excluding hydrogens is 536 g/mol. The third-order valence-corrected chi connectivity index (χ3v) is 6.09. The summed E-state index contributed by atoms with van der Waals surface area (Å²) in [5.74, 6) is 0.717. The second-order valence-electron chi connectivity index (χ2n) is 8.43. The molecule has 0 aliphatic carbocycles. The largest absolute Gasteiger partial charge is 0.491 e. The number of aliphatic hydroxyl groups excluding tert-OH is 1. The Morgan fingerprint density at radius 2 is 1.97 bits per heavy atom. The van der Waals surface area contributed by atoms with E-state index in [1.807, 2.05) is 6.92 Å². The first-order valence-corrected chi connectivity index (χ1v) is 11.0. The SMILES string of the molecule is CCNC(=NCC(O)COc1cccc(C(F)(F)F)c1)NC1CC2CCCC(C1)N2C.I. The molecule has 2 saturated heterocycles. The molecule has 0 aromatic heterocycles. The van der Waals surface area contributed by atoms with Crippen LogP contribution >= 0.6 is 24.0 Å². The van der Waals surface area contributed by atoms with Crippen LogP contribution in [0.15, 0.2) is 29.3 Å². The summed E-state index contributed by atoms with van der Waals surface area (Å²) < 4.78 is 43.7. The van der Waals surface area contributed by atoms with Crippen molar-refractivity contribution in [1.82, 2.24) is 15.5 Å². The molecule has 10 heteroatoms. The fourth-order valence-corrected chi connectivity index (χ4v) is 4.45. The molecule has 32 heavy (non-hydrogen) atoms. The molecule has 2 aliphatic rings. The number of alkyl halides is 3. The summed E-state index contributed by atoms with van der Waals surface area (Å²) in [6.07, 6.45) is 0.521. The van der Waals surface area contributed by atoms with Gasteiger partial charge in [0.2, 0.25) is 0 Å². The van der Waals surface area contributed by atoms with Crippen LogP contribution in [0.5, 0.6) is 5.75 Å². The molecule has 182 valence electrons. The standard InChI is InChI=1S/C22H33F3N4O2.HI/c1-3-26-21(28-16-11-17-7-5-8-18(12-16)29(17)2)27-13-19(30)14-31-20-9-4-6-15(10-20)22(23,24)25;/h4,6,9-10,16-19,30H,3,5,7-8,11-14H2,1-2H3,(H2,26,27,28);1H. The highest BCUT2D eigenvalue weighted by Gasteiger charge is 2.36. The zero-order chi connectivity index (χ0) is 22.4. The predicted octanol–water partition coefficient (Wildman–Crippen LogP) is 3.63. The highest BCUT2D eigenvalue weighted by Crippen LogP contribution is 2.33. The highest BCUT2D eigenvalue weighted by molar-refractivity contribution is 14.0. The van der Waals surface area contributed by atoms with E-state index in [0.29, 0.717) is 30.6 Å². The number of halogens is 4. The van der Waals surface area contributed by atoms with Crippen LogP contribution in [0.4, 0.5) is 13.2 Å². The van der Waals surface area contributed by atoms with Gasteiger partial charge in [-0.25, -0.2) is 0 Å². The molecular formula is C22H34F3IN4O2. The van der Waals surface area contributed by atoms with Gasteiger partial charge in [-0.2, -0.15) is 13.2 Å². The van der Waals surface area contributed by atoms with Crippen molar-refractivity contribution >= 4 is 29.9 Å². The van der Waals surface area contributed by atoms with E-state index in [4.69, 9.17) is 4.74 Å². The van der Waals surface area contributed by atoms with Crippen LogP contribution in [-0.2, 0) is 6.18 Å². The summed E-state index contributed by atoms with van der Waals surface area (Å²) in [7, 11) is 2.21. The molecule has 1 aromatic rings. The molecule has 3 N–H and O–H groups in total. The van der Waals surface area contributed by atoms with E-state index in [0.717, 1.165) is 25.0 Å². The number of aliphatic hydroxyl groups is 1. The van der Waals surface area contributed by atoms with Gasteiger partial charge in [-0.05, 0) is 57.9 Å². The molecule has 3 unspecified atom stereocenters. The first-order valence-electron chi connectivity index (χ1n) is 11.0. The van der Waals surface area contributed by atoms with Crippen molar-refractivity contribution in [2.24, 2.45) is 4.99 Å². The number of guanidine groups is 1. The summed E-state index contributed by atoms with van der Waals surface area (Å²) in [5.41, 5.74) is -0.779. The number of fused-ring (bicyclic) bond motifs is 2. The first kappa shape index (κ1) is 27.0. The number of ether oxygens (including phenoxy) is 1. The smallest absolute Gasteiger partial charge is 0.416 e. The Morgan fingerprint density at radius 1 is 1.28 bits per heavy atom. The number of rotatable bonds is 7. The Morgan fingerprint density at radius 3 is 2.59 bits per heavy atom. The topological polar surface area (TPSA) is 69.1 Å². The third kappa shape index (κ3) is 7.65. The Hall–Kier alpha value is -1.27. The van der Waals surface area contributed by atoms with E-state index in [1.54, 1.807) is 0 Å². The molecule has 0 saturated carbocycles. The summed E-state index contributed by atoms with van der Waals surface area (Å²) >= 11 is 0. The van der Waals surface area contributed by atoms with Gasteiger partial charge in [-0.3, -0.25) is 4.99 Å². The van der Waals surface area contributed by atoms with Crippen molar-refractivity contribution in [3.63, 3.8) is 0 Å². The van der Waals surface area contributed by atoms with Crippen LogP contribution < -0.4 is 15.4 Å². The van der Waals surface area contributed by atoms with Gasteiger partial charge in [-0.1, -0.05) is 12.5 Å². The van der Waals surface area contributed by atoms with E-state index in [1.165, 1.54) is 31.4 Å². The maximum absolute atomic E-state index is 12.8. The van der Waals surface area contributed by atoms with Crippen LogP contribution in [0, 0.1) is 0 Å². The lowest BCUT2D eigenvalue weighted by molar-refractivity contribution is -0.137. The number of nitrogens with zero attached hydrogens (tertiary/aromatic N) is 2. The quantitative estimate of drug-likeness (QED) is 0.266. The molecule has 1 aromatic carbocycles. The predicted molar refractivity (Wildman–Crippen MR) is 130 cm³/mol. The fourth-order valence-electron chi connectivity index (χ4n) is 4.45. The molecule has 0 amide bonds. The molecule has 0 radical (unpaired) electrons. The second-order valence-corrected chi connectivity index (χ2v) is 8.43. The van der Waals surface area contributed by atoms with Gasteiger partial charge >= 0.3 is 6.18 Å². The maximum Gasteiger partial charge on any atom is 0.416 e. The monoisotopic (exact) mass is 570 g/mol. The van der Waals surface area contributed by atoms with Gasteiger partial charge in [0, 0.05) is 24.7 Å². The summed E-state index contributed by atoms with van der Waals surface area (Å²) in [5, 5.41) is 16.9. The lowest BCUT2D eigenvalue weighted by Crippen LogP contribution is -2.56. The minimum atomic E-state index is -4.43. The average Bonchev–Trinajstić information content (AvgIpc) is 2.71. The number of nitrogens with one attached hydrogen (secondary N) is 2. The lowest BCUT2D eigenvalue weighted by atomic mass is 9.82. The number of hydrogen-bond acceptors (Lipinski definition) is 4. The fraction of sp³-hybridized carbons (Fsp3) is 0.682. The summed E-state index contributed by atoms with van der Waals surface area (Å²) in [4.78, 5) is 6.96. The Labute approximate surface area is 205 Å². The number of benzene rings is 1. The zero-order valence-corrected chi connectivity index (χ0v) is 20.9. The van der Waals surface area contributed by atoms with Gasteiger partial charge in [0.25, 0.3) is 0 Å². The summed E-state index contributed by atoms with van der Waals surface area (Å²) in [6.45, 7) is 2.63. The molecule has 3 atom stereocenters. The van der Waals surface area contributed by atoms with Crippen molar-refractivity contribution < 1.29 is 23.0 Å². The van der Waals surface area contributed by atoms with Crippen molar-refractivity contribution in [3.8, 4) is 5.75 Å². The Balaban J connectivity index is 0.00000363. The summed E-state index contributed by atoms with van der Waals surface area (Å²) in [6, 6.07) is 6.17. The molecule has 3 rings (SSSR count). The highest BCUT2D eigenvalue weighted by atomic mass is 127. The molecule has 6 nitrogen and oxygen atoms in total. The van der Waals surface area contributed by atoms with Gasteiger partial charge in [0.15, 0.2) is 5.96 Å². The van der Waals surface area contributed by atoms with Crippen molar-refractivity contribution in [2.45, 2.75) is 69.4 Å².